The molecule has 0 radical (unpaired) electrons. The number of hydrogen-bond donors (Lipinski definition) is 0. The van der Waals surface area contributed by atoms with Gasteiger partial charge in [0.2, 0.25) is 5.89 Å². The van der Waals surface area contributed by atoms with Crippen molar-refractivity contribution in [2.24, 2.45) is 0 Å². The Bertz CT molecular complexity index is 745. The van der Waals surface area contributed by atoms with E-state index >= 15 is 0 Å². The van der Waals surface area contributed by atoms with Crippen molar-refractivity contribution < 1.29 is 8.81 Å². The first-order chi connectivity index (χ1) is 10.2. The topological polar surface area (TPSA) is 38.9 Å². The minimum absolute atomic E-state index is 0.238. The molecule has 0 bridgehead atoms. The molecule has 0 unspecified atom stereocenters. The van der Waals surface area contributed by atoms with Crippen LogP contribution in [-0.2, 0) is 5.75 Å². The second-order valence-corrected chi connectivity index (χ2v) is 6.14. The number of nitrogens with zero attached hydrogens (tertiary/aromatic N) is 2. The maximum absolute atomic E-state index is 12.8. The van der Waals surface area contributed by atoms with Crippen LogP contribution in [0, 0.1) is 5.82 Å². The van der Waals surface area contributed by atoms with Crippen LogP contribution in [0.5, 0.6) is 0 Å². The lowest BCUT2D eigenvalue weighted by Crippen LogP contribution is -1.81. The van der Waals surface area contributed by atoms with E-state index in [1.165, 1.54) is 23.9 Å². The maximum Gasteiger partial charge on any atom is 0.277 e. The smallest absolute Gasteiger partial charge is 0.277 e. The van der Waals surface area contributed by atoms with Gasteiger partial charge in [-0.3, -0.25) is 0 Å². The molecular formula is C15H10BrFN2OS. The van der Waals surface area contributed by atoms with Crippen LogP contribution < -0.4 is 0 Å². The van der Waals surface area contributed by atoms with Gasteiger partial charge >= 0.3 is 0 Å². The van der Waals surface area contributed by atoms with E-state index in [1.807, 2.05) is 24.3 Å². The van der Waals surface area contributed by atoms with Crippen molar-refractivity contribution in [2.45, 2.75) is 11.0 Å². The summed E-state index contributed by atoms with van der Waals surface area (Å²) < 4.78 is 19.4. The molecule has 3 rings (SSSR count). The highest BCUT2D eigenvalue weighted by atomic mass is 79.9. The van der Waals surface area contributed by atoms with E-state index in [9.17, 15) is 4.39 Å². The summed E-state index contributed by atoms with van der Waals surface area (Å²) in [6.45, 7) is 0. The first kappa shape index (κ1) is 14.3. The zero-order chi connectivity index (χ0) is 14.7. The average molecular weight is 365 g/mol. The van der Waals surface area contributed by atoms with Gasteiger partial charge in [-0.05, 0) is 35.9 Å². The van der Waals surface area contributed by atoms with Crippen molar-refractivity contribution in [3.05, 3.63) is 64.4 Å². The van der Waals surface area contributed by atoms with Crippen LogP contribution in [0.2, 0.25) is 0 Å². The molecule has 3 nitrogen and oxygen atoms in total. The van der Waals surface area contributed by atoms with Gasteiger partial charge in [0.15, 0.2) is 0 Å². The number of hydrogen-bond acceptors (Lipinski definition) is 4. The summed E-state index contributed by atoms with van der Waals surface area (Å²) in [5.41, 5.74) is 1.87. The fourth-order valence-corrected chi connectivity index (χ4v) is 2.85. The summed E-state index contributed by atoms with van der Waals surface area (Å²) in [6, 6.07) is 14.0. The highest BCUT2D eigenvalue weighted by Gasteiger charge is 2.09. The molecule has 0 aliphatic heterocycles. The summed E-state index contributed by atoms with van der Waals surface area (Å²) in [6.07, 6.45) is 0. The van der Waals surface area contributed by atoms with E-state index in [1.54, 1.807) is 12.1 Å². The number of thioether (sulfide) groups is 1. The van der Waals surface area contributed by atoms with E-state index < -0.39 is 0 Å². The zero-order valence-corrected chi connectivity index (χ0v) is 13.2. The van der Waals surface area contributed by atoms with Gasteiger partial charge in [-0.2, -0.15) is 0 Å². The van der Waals surface area contributed by atoms with Crippen molar-refractivity contribution in [2.75, 3.05) is 0 Å². The third-order valence-corrected chi connectivity index (χ3v) is 4.14. The fraction of sp³-hybridized carbons (Fsp3) is 0.0667. The Morgan fingerprint density at radius 1 is 1.10 bits per heavy atom. The summed E-state index contributed by atoms with van der Waals surface area (Å²) in [4.78, 5) is 0. The molecule has 2 aromatic carbocycles. The summed E-state index contributed by atoms with van der Waals surface area (Å²) in [5, 5.41) is 8.54. The normalized spacial score (nSPS) is 10.8. The van der Waals surface area contributed by atoms with Crippen molar-refractivity contribution in [1.29, 1.82) is 0 Å². The predicted molar refractivity (Wildman–Crippen MR) is 83.4 cm³/mol. The molecule has 0 atom stereocenters. The van der Waals surface area contributed by atoms with E-state index in [0.717, 1.165) is 15.6 Å². The Morgan fingerprint density at radius 3 is 2.67 bits per heavy atom. The van der Waals surface area contributed by atoms with Crippen LogP contribution in [0.15, 0.2) is 62.6 Å². The Balaban J connectivity index is 1.69. The minimum atomic E-state index is -0.238. The first-order valence-corrected chi connectivity index (χ1v) is 7.95. The highest BCUT2D eigenvalue weighted by Crippen LogP contribution is 2.27. The van der Waals surface area contributed by atoms with Gasteiger partial charge in [0, 0.05) is 15.8 Å². The van der Waals surface area contributed by atoms with Gasteiger partial charge in [0.25, 0.3) is 5.22 Å². The van der Waals surface area contributed by atoms with Crippen LogP contribution in [0.4, 0.5) is 4.39 Å². The summed E-state index contributed by atoms with van der Waals surface area (Å²) >= 11 is 4.83. The molecule has 0 amide bonds. The van der Waals surface area contributed by atoms with Crippen LogP contribution in [-0.4, -0.2) is 10.2 Å². The van der Waals surface area contributed by atoms with E-state index in [0.29, 0.717) is 16.9 Å². The SMILES string of the molecule is Fc1ccc(CSc2nnc(-c3cccc(Br)c3)o2)cc1. The fourth-order valence-electron chi connectivity index (χ4n) is 1.73. The third-order valence-electron chi connectivity index (χ3n) is 2.75. The van der Waals surface area contributed by atoms with Crippen molar-refractivity contribution in [3.63, 3.8) is 0 Å². The van der Waals surface area contributed by atoms with Crippen LogP contribution in [0.25, 0.3) is 11.5 Å². The molecular weight excluding hydrogens is 355 g/mol. The molecule has 6 heteroatoms. The monoisotopic (exact) mass is 364 g/mol. The standard InChI is InChI=1S/C15H10BrFN2OS/c16-12-3-1-2-11(8-12)14-18-19-15(20-14)21-9-10-4-6-13(17)7-5-10/h1-8H,9H2. The molecule has 0 spiro atoms. The number of aromatic nitrogens is 2. The predicted octanol–water partition coefficient (Wildman–Crippen LogP) is 4.93. The first-order valence-electron chi connectivity index (χ1n) is 6.17. The molecule has 0 saturated heterocycles. The maximum atomic E-state index is 12.8. The van der Waals surface area contributed by atoms with Crippen LogP contribution in [0.3, 0.4) is 0 Å². The molecule has 1 aromatic heterocycles. The zero-order valence-electron chi connectivity index (χ0n) is 10.8. The lowest BCUT2D eigenvalue weighted by molar-refractivity contribution is 0.466. The molecule has 0 aliphatic rings. The second kappa shape index (κ2) is 6.41. The molecule has 0 fully saturated rings. The molecule has 0 saturated carbocycles. The van der Waals surface area contributed by atoms with Crippen molar-refractivity contribution in [1.82, 2.24) is 10.2 Å². The molecule has 1 heterocycles. The minimum Gasteiger partial charge on any atom is -0.411 e. The van der Waals surface area contributed by atoms with Crippen molar-refractivity contribution >= 4 is 27.7 Å². The lowest BCUT2D eigenvalue weighted by atomic mass is 10.2. The van der Waals surface area contributed by atoms with Crippen LogP contribution in [0.1, 0.15) is 5.56 Å². The Kier molecular flexibility index (Phi) is 4.36. The van der Waals surface area contributed by atoms with Gasteiger partial charge < -0.3 is 4.42 Å². The van der Waals surface area contributed by atoms with Gasteiger partial charge in [0.05, 0.1) is 0 Å². The highest BCUT2D eigenvalue weighted by molar-refractivity contribution is 9.10. The Hall–Kier alpha value is -1.66. The van der Waals surface area contributed by atoms with Gasteiger partial charge in [-0.1, -0.05) is 45.9 Å². The molecule has 106 valence electrons. The van der Waals surface area contributed by atoms with Crippen LogP contribution >= 0.6 is 27.7 Å². The Labute approximate surface area is 133 Å². The molecule has 0 aliphatic carbocycles. The third kappa shape index (κ3) is 3.71. The largest absolute Gasteiger partial charge is 0.411 e. The average Bonchev–Trinajstić information content (AvgIpc) is 2.96. The van der Waals surface area contributed by atoms with E-state index in [-0.39, 0.29) is 5.82 Å². The van der Waals surface area contributed by atoms with Crippen molar-refractivity contribution in [3.8, 4) is 11.5 Å². The van der Waals surface area contributed by atoms with E-state index in [4.69, 9.17) is 4.42 Å². The van der Waals surface area contributed by atoms with Gasteiger partial charge in [-0.15, -0.1) is 10.2 Å². The molecule has 21 heavy (non-hydrogen) atoms. The number of benzene rings is 2. The van der Waals surface area contributed by atoms with Gasteiger partial charge in [0.1, 0.15) is 5.82 Å². The van der Waals surface area contributed by atoms with Gasteiger partial charge in [-0.25, -0.2) is 4.39 Å². The number of halogens is 2. The second-order valence-electron chi connectivity index (χ2n) is 4.30. The lowest BCUT2D eigenvalue weighted by Gasteiger charge is -1.98. The summed E-state index contributed by atoms with van der Waals surface area (Å²) in [7, 11) is 0. The Morgan fingerprint density at radius 2 is 1.90 bits per heavy atom. The summed E-state index contributed by atoms with van der Waals surface area (Å²) in [5.74, 6) is 0.900. The number of rotatable bonds is 4. The molecule has 3 aromatic rings. The van der Waals surface area contributed by atoms with E-state index in [2.05, 4.69) is 26.1 Å². The quantitative estimate of drug-likeness (QED) is 0.615. The molecule has 0 N–H and O–H groups in total.